The van der Waals surface area contributed by atoms with Crippen molar-refractivity contribution in [3.05, 3.63) is 0 Å². The number of carboxylic acid groups (broad SMARTS) is 1. The third kappa shape index (κ3) is 2.24. The first kappa shape index (κ1) is 11.9. The summed E-state index contributed by atoms with van der Waals surface area (Å²) in [5.41, 5.74) is -0.541. The highest BCUT2D eigenvalue weighted by Crippen LogP contribution is 2.37. The standard InChI is InChI=1S/C13H23NO2/c1-13(12(15)16)9-5-4-8-11(13)14-10-6-2-3-7-10/h10-11,14H,2-9H2,1H3,(H,15,16). The Morgan fingerprint density at radius 1 is 1.19 bits per heavy atom. The lowest BCUT2D eigenvalue weighted by atomic mass is 9.71. The topological polar surface area (TPSA) is 49.3 Å². The molecule has 0 aromatic heterocycles. The summed E-state index contributed by atoms with van der Waals surface area (Å²) in [6, 6.07) is 0.753. The quantitative estimate of drug-likeness (QED) is 0.776. The van der Waals surface area contributed by atoms with Crippen molar-refractivity contribution in [2.75, 3.05) is 0 Å². The van der Waals surface area contributed by atoms with E-state index in [-0.39, 0.29) is 6.04 Å². The van der Waals surface area contributed by atoms with Gasteiger partial charge in [-0.2, -0.15) is 0 Å². The maximum absolute atomic E-state index is 11.4. The minimum atomic E-state index is -0.623. The van der Waals surface area contributed by atoms with Crippen LogP contribution in [0.3, 0.4) is 0 Å². The van der Waals surface area contributed by atoms with Crippen LogP contribution in [0.2, 0.25) is 0 Å². The highest BCUT2D eigenvalue weighted by molar-refractivity contribution is 5.75. The molecule has 3 nitrogen and oxygen atoms in total. The van der Waals surface area contributed by atoms with Crippen molar-refractivity contribution in [3.8, 4) is 0 Å². The Labute approximate surface area is 97.6 Å². The second-order valence-corrected chi connectivity index (χ2v) is 5.67. The van der Waals surface area contributed by atoms with Crippen LogP contribution in [0.15, 0.2) is 0 Å². The van der Waals surface area contributed by atoms with Gasteiger partial charge in [-0.1, -0.05) is 25.7 Å². The summed E-state index contributed by atoms with van der Waals surface area (Å²) in [5, 5.41) is 13.0. The van der Waals surface area contributed by atoms with Crippen molar-refractivity contribution in [1.82, 2.24) is 5.32 Å². The molecule has 2 aliphatic rings. The normalized spacial score (nSPS) is 36.4. The van der Waals surface area contributed by atoms with Gasteiger partial charge in [0, 0.05) is 12.1 Å². The van der Waals surface area contributed by atoms with E-state index in [1.807, 2.05) is 6.92 Å². The van der Waals surface area contributed by atoms with Gasteiger partial charge in [-0.05, 0) is 32.6 Å². The second kappa shape index (κ2) is 4.74. The molecule has 92 valence electrons. The molecule has 3 heteroatoms. The highest BCUT2D eigenvalue weighted by Gasteiger charge is 2.43. The minimum absolute atomic E-state index is 0.182. The van der Waals surface area contributed by atoms with Crippen LogP contribution < -0.4 is 5.32 Å². The van der Waals surface area contributed by atoms with Crippen molar-refractivity contribution in [2.24, 2.45) is 5.41 Å². The summed E-state index contributed by atoms with van der Waals surface area (Å²) in [6.45, 7) is 1.92. The summed E-state index contributed by atoms with van der Waals surface area (Å²) < 4.78 is 0. The molecule has 0 aromatic carbocycles. The SMILES string of the molecule is CC1(C(=O)O)CCCCC1NC1CCCC1. The monoisotopic (exact) mass is 225 g/mol. The molecule has 2 N–H and O–H groups in total. The number of rotatable bonds is 3. The van der Waals surface area contributed by atoms with Crippen LogP contribution in [0.4, 0.5) is 0 Å². The molecule has 2 saturated carbocycles. The minimum Gasteiger partial charge on any atom is -0.481 e. The second-order valence-electron chi connectivity index (χ2n) is 5.67. The lowest BCUT2D eigenvalue weighted by Crippen LogP contribution is -2.52. The molecule has 0 bridgehead atoms. The van der Waals surface area contributed by atoms with E-state index >= 15 is 0 Å². The Morgan fingerprint density at radius 3 is 2.44 bits per heavy atom. The van der Waals surface area contributed by atoms with Crippen molar-refractivity contribution in [1.29, 1.82) is 0 Å². The Bertz CT molecular complexity index is 261. The summed E-state index contributed by atoms with van der Waals surface area (Å²) in [5.74, 6) is -0.623. The van der Waals surface area contributed by atoms with Gasteiger partial charge in [0.2, 0.25) is 0 Å². The van der Waals surface area contributed by atoms with Crippen molar-refractivity contribution in [2.45, 2.75) is 70.4 Å². The van der Waals surface area contributed by atoms with Crippen LogP contribution in [0.25, 0.3) is 0 Å². The molecule has 0 heterocycles. The van der Waals surface area contributed by atoms with E-state index in [2.05, 4.69) is 5.32 Å². The molecule has 2 unspecified atom stereocenters. The smallest absolute Gasteiger partial charge is 0.310 e. The molecule has 0 aliphatic heterocycles. The van der Waals surface area contributed by atoms with Crippen LogP contribution in [0, 0.1) is 5.41 Å². The summed E-state index contributed by atoms with van der Waals surface area (Å²) in [6.07, 6.45) is 9.14. The fourth-order valence-corrected chi connectivity index (χ4v) is 3.23. The van der Waals surface area contributed by atoms with Crippen LogP contribution >= 0.6 is 0 Å². The lowest BCUT2D eigenvalue weighted by Gasteiger charge is -2.40. The predicted octanol–water partition coefficient (Wildman–Crippen LogP) is 2.55. The molecule has 2 rings (SSSR count). The van der Waals surface area contributed by atoms with Gasteiger partial charge in [-0.15, -0.1) is 0 Å². The zero-order valence-electron chi connectivity index (χ0n) is 10.2. The Balaban J connectivity index is 2.01. The number of hydrogen-bond donors (Lipinski definition) is 2. The van der Waals surface area contributed by atoms with Crippen LogP contribution in [0.5, 0.6) is 0 Å². The van der Waals surface area contributed by atoms with Crippen LogP contribution in [0.1, 0.15) is 58.3 Å². The maximum atomic E-state index is 11.4. The molecule has 16 heavy (non-hydrogen) atoms. The van der Waals surface area contributed by atoms with E-state index in [0.717, 1.165) is 19.3 Å². The average molecular weight is 225 g/mol. The van der Waals surface area contributed by atoms with Crippen molar-refractivity contribution >= 4 is 5.97 Å². The lowest BCUT2D eigenvalue weighted by molar-refractivity contribution is -0.151. The fraction of sp³-hybridized carbons (Fsp3) is 0.923. The van der Waals surface area contributed by atoms with E-state index in [1.54, 1.807) is 0 Å². The largest absolute Gasteiger partial charge is 0.481 e. The zero-order chi connectivity index (χ0) is 11.6. The first-order valence-corrected chi connectivity index (χ1v) is 6.62. The summed E-state index contributed by atoms with van der Waals surface area (Å²) in [7, 11) is 0. The fourth-order valence-electron chi connectivity index (χ4n) is 3.23. The van der Waals surface area contributed by atoms with Crippen LogP contribution in [-0.4, -0.2) is 23.2 Å². The average Bonchev–Trinajstić information content (AvgIpc) is 2.74. The van der Waals surface area contributed by atoms with E-state index in [0.29, 0.717) is 6.04 Å². The Hall–Kier alpha value is -0.570. The number of carboxylic acids is 1. The Kier molecular flexibility index (Phi) is 3.53. The van der Waals surface area contributed by atoms with E-state index in [4.69, 9.17) is 0 Å². The zero-order valence-corrected chi connectivity index (χ0v) is 10.2. The van der Waals surface area contributed by atoms with E-state index in [9.17, 15) is 9.90 Å². The summed E-state index contributed by atoms with van der Waals surface area (Å²) >= 11 is 0. The molecule has 0 radical (unpaired) electrons. The molecule has 0 aromatic rings. The maximum Gasteiger partial charge on any atom is 0.310 e. The van der Waals surface area contributed by atoms with Gasteiger partial charge >= 0.3 is 5.97 Å². The van der Waals surface area contributed by atoms with Crippen molar-refractivity contribution < 1.29 is 9.90 Å². The Morgan fingerprint density at radius 2 is 1.81 bits per heavy atom. The molecule has 0 amide bonds. The molecule has 0 saturated heterocycles. The van der Waals surface area contributed by atoms with E-state index < -0.39 is 11.4 Å². The van der Waals surface area contributed by atoms with Gasteiger partial charge in [0.1, 0.15) is 0 Å². The molecule has 2 aliphatic carbocycles. The van der Waals surface area contributed by atoms with Crippen LogP contribution in [-0.2, 0) is 4.79 Å². The molecule has 2 atom stereocenters. The van der Waals surface area contributed by atoms with Gasteiger partial charge in [0.05, 0.1) is 5.41 Å². The number of carbonyl (C=O) groups is 1. The van der Waals surface area contributed by atoms with Gasteiger partial charge < -0.3 is 10.4 Å². The number of nitrogens with one attached hydrogen (secondary N) is 1. The number of aliphatic carboxylic acids is 1. The van der Waals surface area contributed by atoms with Gasteiger partial charge in [-0.25, -0.2) is 0 Å². The van der Waals surface area contributed by atoms with E-state index in [1.165, 1.54) is 32.1 Å². The molecular weight excluding hydrogens is 202 g/mol. The molecule has 0 spiro atoms. The third-order valence-corrected chi connectivity index (χ3v) is 4.49. The van der Waals surface area contributed by atoms with Gasteiger partial charge in [-0.3, -0.25) is 4.79 Å². The predicted molar refractivity (Wildman–Crippen MR) is 63.4 cm³/mol. The first-order chi connectivity index (χ1) is 7.63. The third-order valence-electron chi connectivity index (χ3n) is 4.49. The highest BCUT2D eigenvalue weighted by atomic mass is 16.4. The molecular formula is C13H23NO2. The number of hydrogen-bond acceptors (Lipinski definition) is 2. The van der Waals surface area contributed by atoms with Crippen molar-refractivity contribution in [3.63, 3.8) is 0 Å². The van der Waals surface area contributed by atoms with Gasteiger partial charge in [0.25, 0.3) is 0 Å². The summed E-state index contributed by atoms with van der Waals surface area (Å²) in [4.78, 5) is 11.4. The molecule has 2 fully saturated rings. The van der Waals surface area contributed by atoms with Gasteiger partial charge in [0.15, 0.2) is 0 Å². The first-order valence-electron chi connectivity index (χ1n) is 6.62.